The third-order valence-corrected chi connectivity index (χ3v) is 0. The second-order valence-corrected chi connectivity index (χ2v) is 1.03. The van der Waals surface area contributed by atoms with E-state index in [0.29, 0.717) is 0 Å². The Morgan fingerprint density at radius 3 is 1.25 bits per heavy atom. The van der Waals surface area contributed by atoms with E-state index in [0.717, 1.165) is 0 Å². The van der Waals surface area contributed by atoms with Gasteiger partial charge in [0.2, 0.25) is 0 Å². The first-order valence-electron chi connectivity index (χ1n) is 0.577. The maximum absolute atomic E-state index is 8.60. The van der Waals surface area contributed by atoms with Gasteiger partial charge in [0.1, 0.15) is 0 Å². The molecule has 0 aromatic rings. The first-order chi connectivity index (χ1) is 1.41. The van der Waals surface area contributed by atoms with Gasteiger partial charge in [0, 0.05) is 0 Å². The average molecular weight is 433 g/mol. The molecule has 0 fully saturated rings. The van der Waals surface area contributed by atoms with E-state index >= 15 is 0 Å². The van der Waals surface area contributed by atoms with Gasteiger partial charge in [0.25, 0.3) is 0 Å². The molecule has 0 radical (unpaired) electrons. The van der Waals surface area contributed by atoms with Crippen LogP contribution in [0.2, 0.25) is 0 Å². The van der Waals surface area contributed by atoms with E-state index in [1.165, 1.54) is 0 Å². The van der Waals surface area contributed by atoms with E-state index in [9.17, 15) is 0 Å². The molecule has 0 saturated carbocycles. The summed E-state index contributed by atoms with van der Waals surface area (Å²) in [6.45, 7) is 0. The van der Waals surface area contributed by atoms with Crippen LogP contribution in [0, 0.1) is 0 Å². The van der Waals surface area contributed by atoms with Gasteiger partial charge in [-0.1, -0.05) is 0 Å². The molecule has 0 aliphatic carbocycles. The summed E-state index contributed by atoms with van der Waals surface area (Å²) < 4.78 is 17.2. The summed E-state index contributed by atoms with van der Waals surface area (Å²) in [6.07, 6.45) is 0. The second-order valence-electron chi connectivity index (χ2n) is 0.118. The Balaban J connectivity index is 0. The van der Waals surface area contributed by atoms with Gasteiger partial charge in [-0.05, 0) is 0 Å². The molecule has 0 N–H and O–H groups in total. The molecule has 0 aliphatic rings. The van der Waals surface area contributed by atoms with E-state index in [1.54, 1.807) is 0 Å². The first kappa shape index (κ1) is 9.25. The Hall–Kier alpha value is 1.79. The Bertz CT molecular complexity index is 4.00. The Morgan fingerprint density at radius 1 is 1.25 bits per heavy atom. The van der Waals surface area contributed by atoms with Gasteiger partial charge in [-0.25, -0.2) is 0 Å². The van der Waals surface area contributed by atoms with E-state index < -0.39 is 25.5 Å². The molecule has 0 saturated heterocycles. The van der Waals surface area contributed by atoms with Crippen LogP contribution in [-0.4, -0.2) is 0 Å². The van der Waals surface area contributed by atoms with Crippen molar-refractivity contribution in [3.63, 3.8) is 0 Å². The van der Waals surface area contributed by atoms with Crippen molar-refractivity contribution in [2.24, 2.45) is 0 Å². The molecule has 2 nitrogen and oxygen atoms in total. The van der Waals surface area contributed by atoms with E-state index in [2.05, 4.69) is 0 Å². The molecule has 0 bridgehead atoms. The van der Waals surface area contributed by atoms with E-state index in [4.69, 9.17) is 6.03 Å². The van der Waals surface area contributed by atoms with Crippen LogP contribution >= 0.6 is 0 Å². The molecular weight excluding hydrogens is 433 g/mol. The van der Waals surface area contributed by atoms with Crippen molar-refractivity contribution in [2.75, 3.05) is 0 Å². The van der Waals surface area contributed by atoms with Crippen LogP contribution in [0.3, 0.4) is 0 Å². The molecule has 0 aliphatic heterocycles. The van der Waals surface area contributed by atoms with Crippen molar-refractivity contribution < 1.29 is 59.2 Å². The van der Waals surface area contributed by atoms with Crippen LogP contribution in [0.15, 0.2) is 0 Å². The Kier molecular flexibility index (Phi) is 20.4. The Morgan fingerprint density at radius 2 is 1.25 bits per heavy atom. The molecule has 4 heteroatoms. The van der Waals surface area contributed by atoms with Gasteiger partial charge in [-0.2, -0.15) is 0 Å². The zero-order chi connectivity index (χ0) is 2.71. The van der Waals surface area contributed by atoms with Crippen LogP contribution in [-0.2, 0) is 53.2 Å². The molecule has 0 aromatic carbocycles. The molecular formula is Hg2O2. The minimum atomic E-state index is -2.58. The average Bonchev–Trinajstić information content (AvgIpc) is 0.918. The molecule has 0 atom stereocenters. The molecule has 0 amide bonds. The second kappa shape index (κ2) is 8.84. The molecule has 4 heavy (non-hydrogen) atoms. The van der Waals surface area contributed by atoms with Crippen LogP contribution in [0.1, 0.15) is 0 Å². The molecule has 0 heterocycles. The third kappa shape index (κ3) is 9.21. The summed E-state index contributed by atoms with van der Waals surface area (Å²) >= 11 is -2.58. The predicted molar refractivity (Wildman–Crippen MR) is 0 cm³/mol. The summed E-state index contributed by atoms with van der Waals surface area (Å²) in [7, 11) is 0. The predicted octanol–water partition coefficient (Wildman–Crippen LogP) is -2.38. The van der Waals surface area contributed by atoms with Crippen molar-refractivity contribution >= 4 is 0 Å². The third-order valence-electron chi connectivity index (χ3n) is 0. The van der Waals surface area contributed by atoms with Crippen LogP contribution in [0.5, 0.6) is 0 Å². The van der Waals surface area contributed by atoms with Crippen LogP contribution in [0.25, 0.3) is 0 Å². The zero-order valence-corrected chi connectivity index (χ0v) is 13.2. The number of hydrogen-bond donors (Lipinski definition) is 0. The normalized spacial score (nSPS) is 2.50. The number of rotatable bonds is 0. The number of hydrogen-bond acceptors (Lipinski definition) is 2. The summed E-state index contributed by atoms with van der Waals surface area (Å²) in [5.41, 5.74) is 0. The quantitative estimate of drug-likeness (QED) is 0.401. The fourth-order valence-corrected chi connectivity index (χ4v) is 0. The standard InChI is InChI=1S/2Hg.2O/q;+2;2*-1. The van der Waals surface area contributed by atoms with Gasteiger partial charge in [0.05, 0.1) is 0 Å². The SMILES string of the molecule is [Hg+2].[O-][Hg][O-]. The van der Waals surface area contributed by atoms with Gasteiger partial charge in [0.15, 0.2) is 0 Å². The first-order valence-corrected chi connectivity index (χ1v) is 5.07. The van der Waals surface area contributed by atoms with Crippen LogP contribution < -0.4 is 6.03 Å². The van der Waals surface area contributed by atoms with Crippen LogP contribution in [0.4, 0.5) is 0 Å². The van der Waals surface area contributed by atoms with E-state index in [1.807, 2.05) is 0 Å². The van der Waals surface area contributed by atoms with Crippen molar-refractivity contribution in [3.05, 3.63) is 0 Å². The summed E-state index contributed by atoms with van der Waals surface area (Å²) in [4.78, 5) is 0. The molecule has 0 aromatic heterocycles. The summed E-state index contributed by atoms with van der Waals surface area (Å²) in [5.74, 6) is 0. The maximum atomic E-state index is 8.60. The Labute approximate surface area is 58.5 Å². The minimum absolute atomic E-state index is 0. The molecule has 0 spiro atoms. The van der Waals surface area contributed by atoms with Gasteiger partial charge in [-0.15, -0.1) is 0 Å². The molecule has 16 valence electrons. The fourth-order valence-electron chi connectivity index (χ4n) is 0. The van der Waals surface area contributed by atoms with Gasteiger partial charge in [-0.3, -0.25) is 0 Å². The zero-order valence-electron chi connectivity index (χ0n) is 2.23. The topological polar surface area (TPSA) is 46.1 Å². The summed E-state index contributed by atoms with van der Waals surface area (Å²) in [6, 6.07) is 0. The molecule has 0 unspecified atom stereocenters. The monoisotopic (exact) mass is 436 g/mol. The van der Waals surface area contributed by atoms with Crippen molar-refractivity contribution in [3.8, 4) is 0 Å². The van der Waals surface area contributed by atoms with Crippen molar-refractivity contribution in [1.29, 1.82) is 0 Å². The van der Waals surface area contributed by atoms with E-state index in [-0.39, 0.29) is 27.7 Å². The summed E-state index contributed by atoms with van der Waals surface area (Å²) in [5, 5.41) is 0. The van der Waals surface area contributed by atoms with Gasteiger partial charge < -0.3 is 0 Å². The van der Waals surface area contributed by atoms with Gasteiger partial charge >= 0.3 is 59.2 Å². The molecule has 0 rings (SSSR count). The fraction of sp³-hybridized carbons (Fsp3) is 0. The van der Waals surface area contributed by atoms with Crippen molar-refractivity contribution in [1.82, 2.24) is 0 Å². The van der Waals surface area contributed by atoms with Crippen molar-refractivity contribution in [2.45, 2.75) is 0 Å².